The molecule has 3 rings (SSSR count). The predicted molar refractivity (Wildman–Crippen MR) is 103 cm³/mol. The van der Waals surface area contributed by atoms with Gasteiger partial charge < -0.3 is 4.90 Å². The van der Waals surface area contributed by atoms with E-state index >= 15 is 0 Å². The summed E-state index contributed by atoms with van der Waals surface area (Å²) in [6.45, 7) is 0.819. The van der Waals surface area contributed by atoms with Gasteiger partial charge in [0.05, 0.1) is 5.56 Å². The fourth-order valence-corrected chi connectivity index (χ4v) is 3.44. The Balaban J connectivity index is 1.96. The summed E-state index contributed by atoms with van der Waals surface area (Å²) in [6, 6.07) is 10.3. The first-order valence-corrected chi connectivity index (χ1v) is 9.44. The minimum atomic E-state index is -4.38. The molecular weight excluding hydrogens is 387 g/mol. The average Bonchev–Trinajstić information content (AvgIpc) is 2.68. The monoisotopic (exact) mass is 405 g/mol. The Morgan fingerprint density at radius 1 is 1.00 bits per heavy atom. The van der Waals surface area contributed by atoms with E-state index in [-0.39, 0.29) is 0 Å². The molecule has 2 heterocycles. The van der Waals surface area contributed by atoms with Crippen molar-refractivity contribution in [1.29, 1.82) is 0 Å². The van der Waals surface area contributed by atoms with Crippen LogP contribution in [0, 0.1) is 0 Å². The van der Waals surface area contributed by atoms with Crippen molar-refractivity contribution in [2.45, 2.75) is 11.2 Å². The lowest BCUT2D eigenvalue weighted by Crippen LogP contribution is -2.15. The van der Waals surface area contributed by atoms with Gasteiger partial charge in [-0.1, -0.05) is 18.2 Å². The van der Waals surface area contributed by atoms with Gasteiger partial charge in [0, 0.05) is 24.1 Å². The quantitative estimate of drug-likeness (QED) is 0.571. The lowest BCUT2D eigenvalue weighted by molar-refractivity contribution is -0.137. The van der Waals surface area contributed by atoms with Gasteiger partial charge in [-0.15, -0.1) is 22.0 Å². The maximum absolute atomic E-state index is 12.8. The Kier molecular flexibility index (Phi) is 6.25. The summed E-state index contributed by atoms with van der Waals surface area (Å²) < 4.78 is 38.5. The standard InChI is InChI=1S/C19H18F3N5S/c1-27(2)11-12-28-18-16(13-6-8-14(9-7-13)19(20,21)22)25-26-17(24-18)15-5-3-4-10-23-15/h3-10H,11-12H2,1-2H3. The number of aromatic nitrogens is 4. The highest BCUT2D eigenvalue weighted by molar-refractivity contribution is 7.99. The van der Waals surface area contributed by atoms with Crippen LogP contribution in [0.5, 0.6) is 0 Å². The third kappa shape index (κ3) is 5.05. The molecule has 0 aliphatic rings. The molecule has 0 N–H and O–H groups in total. The van der Waals surface area contributed by atoms with E-state index in [4.69, 9.17) is 0 Å². The smallest absolute Gasteiger partial charge is 0.309 e. The van der Waals surface area contributed by atoms with Crippen molar-refractivity contribution in [3.8, 4) is 22.8 Å². The first-order valence-electron chi connectivity index (χ1n) is 8.46. The molecule has 9 heteroatoms. The van der Waals surface area contributed by atoms with Crippen molar-refractivity contribution in [1.82, 2.24) is 25.1 Å². The SMILES string of the molecule is CN(C)CCSc1nc(-c2ccccn2)nnc1-c1ccc(C(F)(F)F)cc1. The van der Waals surface area contributed by atoms with Crippen molar-refractivity contribution >= 4 is 11.8 Å². The molecule has 1 aromatic carbocycles. The van der Waals surface area contributed by atoms with Gasteiger partial charge in [-0.3, -0.25) is 4.98 Å². The second kappa shape index (κ2) is 8.66. The van der Waals surface area contributed by atoms with Crippen LogP contribution in [0.3, 0.4) is 0 Å². The van der Waals surface area contributed by atoms with Gasteiger partial charge in [-0.05, 0) is 38.4 Å². The second-order valence-electron chi connectivity index (χ2n) is 6.23. The predicted octanol–water partition coefficient (Wildman–Crippen LogP) is 4.27. The van der Waals surface area contributed by atoms with Crippen LogP contribution in [0.15, 0.2) is 53.7 Å². The van der Waals surface area contributed by atoms with Crippen LogP contribution in [-0.2, 0) is 6.18 Å². The van der Waals surface area contributed by atoms with E-state index in [2.05, 4.69) is 20.2 Å². The molecule has 28 heavy (non-hydrogen) atoms. The van der Waals surface area contributed by atoms with E-state index in [9.17, 15) is 13.2 Å². The lowest BCUT2D eigenvalue weighted by atomic mass is 10.1. The van der Waals surface area contributed by atoms with Gasteiger partial charge in [0.25, 0.3) is 0 Å². The number of thioether (sulfide) groups is 1. The van der Waals surface area contributed by atoms with Gasteiger partial charge in [-0.25, -0.2) is 4.98 Å². The molecule has 0 saturated carbocycles. The zero-order valence-electron chi connectivity index (χ0n) is 15.3. The summed E-state index contributed by atoms with van der Waals surface area (Å²) >= 11 is 1.48. The minimum Gasteiger partial charge on any atom is -0.309 e. The first kappa shape index (κ1) is 20.2. The Hall–Kier alpha value is -2.52. The summed E-state index contributed by atoms with van der Waals surface area (Å²) in [5.41, 5.74) is 0.873. The van der Waals surface area contributed by atoms with Gasteiger partial charge >= 0.3 is 6.18 Å². The highest BCUT2D eigenvalue weighted by Gasteiger charge is 2.30. The molecule has 0 radical (unpaired) electrons. The van der Waals surface area contributed by atoms with Gasteiger partial charge in [-0.2, -0.15) is 13.2 Å². The van der Waals surface area contributed by atoms with Crippen LogP contribution in [0.25, 0.3) is 22.8 Å². The van der Waals surface area contributed by atoms with Crippen LogP contribution < -0.4 is 0 Å². The third-order valence-electron chi connectivity index (χ3n) is 3.81. The normalized spacial score (nSPS) is 11.8. The molecule has 0 atom stereocenters. The van der Waals surface area contributed by atoms with Gasteiger partial charge in [0.1, 0.15) is 16.4 Å². The van der Waals surface area contributed by atoms with Crippen molar-refractivity contribution in [2.75, 3.05) is 26.4 Å². The van der Waals surface area contributed by atoms with Crippen LogP contribution in [0.1, 0.15) is 5.56 Å². The number of halogens is 3. The van der Waals surface area contributed by atoms with Crippen LogP contribution in [0.2, 0.25) is 0 Å². The summed E-state index contributed by atoms with van der Waals surface area (Å²) in [4.78, 5) is 10.8. The molecule has 0 saturated heterocycles. The van der Waals surface area contributed by atoms with E-state index in [1.807, 2.05) is 25.1 Å². The molecule has 146 valence electrons. The number of benzene rings is 1. The largest absolute Gasteiger partial charge is 0.416 e. The topological polar surface area (TPSA) is 54.8 Å². The van der Waals surface area contributed by atoms with Crippen molar-refractivity contribution in [2.24, 2.45) is 0 Å². The zero-order chi connectivity index (χ0) is 20.1. The number of rotatable bonds is 6. The lowest BCUT2D eigenvalue weighted by Gasteiger charge is -2.12. The van der Waals surface area contributed by atoms with E-state index in [0.29, 0.717) is 27.8 Å². The maximum atomic E-state index is 12.8. The molecule has 0 spiro atoms. The number of pyridine rings is 1. The number of hydrogen-bond acceptors (Lipinski definition) is 6. The Bertz CT molecular complexity index is 915. The van der Waals surface area contributed by atoms with Crippen molar-refractivity contribution < 1.29 is 13.2 Å². The molecule has 3 aromatic rings. The molecule has 0 unspecified atom stereocenters. The van der Waals surface area contributed by atoms with E-state index < -0.39 is 11.7 Å². The van der Waals surface area contributed by atoms with E-state index in [1.165, 1.54) is 23.9 Å². The summed E-state index contributed by atoms with van der Waals surface area (Å²) in [6.07, 6.45) is -2.74. The van der Waals surface area contributed by atoms with Gasteiger partial charge in [0.15, 0.2) is 0 Å². The molecule has 0 aliphatic heterocycles. The number of alkyl halides is 3. The Morgan fingerprint density at radius 3 is 2.36 bits per heavy atom. The molecule has 0 aliphatic carbocycles. The number of nitrogens with zero attached hydrogens (tertiary/aromatic N) is 5. The second-order valence-corrected chi connectivity index (χ2v) is 7.31. The molecule has 0 amide bonds. The maximum Gasteiger partial charge on any atom is 0.416 e. The Morgan fingerprint density at radius 2 is 1.75 bits per heavy atom. The summed E-state index contributed by atoms with van der Waals surface area (Å²) in [7, 11) is 3.93. The van der Waals surface area contributed by atoms with Crippen LogP contribution >= 0.6 is 11.8 Å². The van der Waals surface area contributed by atoms with Crippen molar-refractivity contribution in [3.63, 3.8) is 0 Å². The van der Waals surface area contributed by atoms with Crippen molar-refractivity contribution in [3.05, 3.63) is 54.2 Å². The van der Waals surface area contributed by atoms with Crippen LogP contribution in [0.4, 0.5) is 13.2 Å². The molecule has 0 bridgehead atoms. The molecular formula is C19H18F3N5S. The van der Waals surface area contributed by atoms with E-state index in [0.717, 1.165) is 24.4 Å². The highest BCUT2D eigenvalue weighted by atomic mass is 32.2. The first-order chi connectivity index (χ1) is 13.3. The molecule has 2 aromatic heterocycles. The summed E-state index contributed by atoms with van der Waals surface area (Å²) in [5, 5.41) is 8.99. The highest BCUT2D eigenvalue weighted by Crippen LogP contribution is 2.33. The molecule has 5 nitrogen and oxygen atoms in total. The summed E-state index contributed by atoms with van der Waals surface area (Å²) in [5.74, 6) is 1.13. The average molecular weight is 405 g/mol. The zero-order valence-corrected chi connectivity index (χ0v) is 16.1. The molecule has 0 fully saturated rings. The fraction of sp³-hybridized carbons (Fsp3) is 0.263. The third-order valence-corrected chi connectivity index (χ3v) is 4.76. The Labute approximate surface area is 165 Å². The van der Waals surface area contributed by atoms with Gasteiger partial charge in [0.2, 0.25) is 5.82 Å². The fourth-order valence-electron chi connectivity index (χ4n) is 2.34. The minimum absolute atomic E-state index is 0.378. The number of hydrogen-bond donors (Lipinski definition) is 0. The van der Waals surface area contributed by atoms with E-state index in [1.54, 1.807) is 18.3 Å². The van der Waals surface area contributed by atoms with Crippen LogP contribution in [-0.4, -0.2) is 51.5 Å².